The van der Waals surface area contributed by atoms with Gasteiger partial charge < -0.3 is 9.40 Å². The Morgan fingerprint density at radius 2 is 2.14 bits per heavy atom. The van der Waals surface area contributed by atoms with Crippen molar-refractivity contribution in [2.24, 2.45) is 5.92 Å². The number of aromatic amines is 1. The van der Waals surface area contributed by atoms with Gasteiger partial charge in [0.1, 0.15) is 17.2 Å². The van der Waals surface area contributed by atoms with Crippen LogP contribution in [-0.2, 0) is 4.79 Å². The maximum atomic E-state index is 11.6. The summed E-state index contributed by atoms with van der Waals surface area (Å²) in [7, 11) is 0. The Bertz CT molecular complexity index is 700. The molecule has 1 aliphatic carbocycles. The lowest BCUT2D eigenvalue weighted by molar-refractivity contribution is -0.117. The zero-order valence-corrected chi connectivity index (χ0v) is 12.1. The van der Waals surface area contributed by atoms with E-state index < -0.39 is 11.8 Å². The van der Waals surface area contributed by atoms with Gasteiger partial charge in [0.25, 0.3) is 11.8 Å². The number of rotatable bonds is 4. The molecule has 2 aromatic rings. The highest BCUT2D eigenvalue weighted by Gasteiger charge is 2.36. The van der Waals surface area contributed by atoms with Crippen LogP contribution in [0.1, 0.15) is 41.3 Å². The van der Waals surface area contributed by atoms with Gasteiger partial charge in [0.15, 0.2) is 0 Å². The molecular weight excluding hydrogens is 282 g/mol. The fraction of sp³-hybridized carbons (Fsp3) is 0.250. The molecule has 0 spiro atoms. The molecule has 2 unspecified atom stereocenters. The van der Waals surface area contributed by atoms with Gasteiger partial charge in [-0.25, -0.2) is 0 Å². The summed E-state index contributed by atoms with van der Waals surface area (Å²) in [5.41, 5.74) is 4.99. The third-order valence-electron chi connectivity index (χ3n) is 3.66. The summed E-state index contributed by atoms with van der Waals surface area (Å²) in [4.78, 5) is 26.0. The highest BCUT2D eigenvalue weighted by Crippen LogP contribution is 2.47. The number of hydrogen-bond donors (Lipinski definition) is 3. The first-order valence-corrected chi connectivity index (χ1v) is 7.15. The third-order valence-corrected chi connectivity index (χ3v) is 3.66. The van der Waals surface area contributed by atoms with E-state index in [-0.39, 0.29) is 0 Å². The second-order valence-corrected chi connectivity index (χ2v) is 5.42. The zero-order chi connectivity index (χ0) is 15.5. The van der Waals surface area contributed by atoms with Crippen LogP contribution >= 0.6 is 0 Å². The van der Waals surface area contributed by atoms with Crippen LogP contribution < -0.4 is 10.9 Å². The first kappa shape index (κ1) is 14.2. The quantitative estimate of drug-likeness (QED) is 0.597. The molecule has 0 radical (unpaired) electrons. The number of amides is 2. The Hall–Kier alpha value is -2.76. The largest absolute Gasteiger partial charge is 0.461 e. The predicted molar refractivity (Wildman–Crippen MR) is 80.7 cm³/mol. The van der Waals surface area contributed by atoms with Crippen molar-refractivity contribution in [2.75, 3.05) is 0 Å². The molecule has 1 aliphatic rings. The number of hydrazine groups is 1. The van der Waals surface area contributed by atoms with Crippen molar-refractivity contribution in [3.05, 3.63) is 53.8 Å². The minimum Gasteiger partial charge on any atom is -0.461 e. The molecule has 0 bridgehead atoms. The van der Waals surface area contributed by atoms with Gasteiger partial charge in [0, 0.05) is 18.2 Å². The monoisotopic (exact) mass is 299 g/mol. The number of aromatic nitrogens is 1. The topological polar surface area (TPSA) is 87.1 Å². The van der Waals surface area contributed by atoms with Crippen molar-refractivity contribution in [2.45, 2.75) is 19.3 Å². The van der Waals surface area contributed by atoms with Crippen molar-refractivity contribution in [1.29, 1.82) is 0 Å². The third kappa shape index (κ3) is 3.28. The standard InChI is InChI=1S/C16H17N3O3/c1-10-9-12(10)14-6-4-11(22-14)5-7-15(20)18-19-16(21)13-3-2-8-17-13/h2-8,10,12,17H,9H2,1H3,(H,18,20)(H,19,21)/b7-5+. The summed E-state index contributed by atoms with van der Waals surface area (Å²) < 4.78 is 5.65. The number of H-pyrrole nitrogens is 1. The summed E-state index contributed by atoms with van der Waals surface area (Å²) in [6, 6.07) is 7.09. The van der Waals surface area contributed by atoms with Gasteiger partial charge in [-0.2, -0.15) is 0 Å². The van der Waals surface area contributed by atoms with Gasteiger partial charge in [-0.15, -0.1) is 0 Å². The lowest BCUT2D eigenvalue weighted by Crippen LogP contribution is -2.40. The van der Waals surface area contributed by atoms with E-state index in [4.69, 9.17) is 4.42 Å². The second-order valence-electron chi connectivity index (χ2n) is 5.42. The predicted octanol–water partition coefficient (Wildman–Crippen LogP) is 2.21. The summed E-state index contributed by atoms with van der Waals surface area (Å²) in [5.74, 6) is 1.94. The minimum absolute atomic E-state index is 0.374. The second kappa shape index (κ2) is 5.93. The van der Waals surface area contributed by atoms with Crippen molar-refractivity contribution in [3.63, 3.8) is 0 Å². The number of hydrogen-bond acceptors (Lipinski definition) is 3. The van der Waals surface area contributed by atoms with Gasteiger partial charge in [0.05, 0.1) is 0 Å². The molecule has 3 rings (SSSR count). The normalized spacial score (nSPS) is 20.0. The Labute approximate surface area is 127 Å². The van der Waals surface area contributed by atoms with Gasteiger partial charge in [-0.3, -0.25) is 20.4 Å². The molecule has 6 nitrogen and oxygen atoms in total. The smallest absolute Gasteiger partial charge is 0.286 e. The molecule has 6 heteroatoms. The van der Waals surface area contributed by atoms with E-state index in [1.54, 1.807) is 24.4 Å². The number of furan rings is 1. The molecule has 0 saturated heterocycles. The van der Waals surface area contributed by atoms with Gasteiger partial charge in [-0.1, -0.05) is 6.92 Å². The summed E-state index contributed by atoms with van der Waals surface area (Å²) in [6.45, 7) is 2.18. The van der Waals surface area contributed by atoms with Crippen LogP contribution in [0.3, 0.4) is 0 Å². The highest BCUT2D eigenvalue weighted by atomic mass is 16.3. The van der Waals surface area contributed by atoms with Gasteiger partial charge in [-0.05, 0) is 42.7 Å². The Morgan fingerprint density at radius 3 is 2.82 bits per heavy atom. The van der Waals surface area contributed by atoms with E-state index in [9.17, 15) is 9.59 Å². The van der Waals surface area contributed by atoms with Crippen LogP contribution in [0.2, 0.25) is 0 Å². The molecule has 0 aromatic carbocycles. The lowest BCUT2D eigenvalue weighted by atomic mass is 10.3. The maximum absolute atomic E-state index is 11.6. The van der Waals surface area contributed by atoms with Crippen molar-refractivity contribution in [1.82, 2.24) is 15.8 Å². The van der Waals surface area contributed by atoms with E-state index in [1.807, 2.05) is 12.1 Å². The van der Waals surface area contributed by atoms with E-state index in [1.165, 1.54) is 6.08 Å². The van der Waals surface area contributed by atoms with Crippen molar-refractivity contribution in [3.8, 4) is 0 Å². The summed E-state index contributed by atoms with van der Waals surface area (Å²) >= 11 is 0. The zero-order valence-electron chi connectivity index (χ0n) is 12.1. The molecule has 1 fully saturated rings. The molecular formula is C16H17N3O3. The van der Waals surface area contributed by atoms with Crippen LogP contribution in [0, 0.1) is 5.92 Å². The highest BCUT2D eigenvalue weighted by molar-refractivity contribution is 5.96. The van der Waals surface area contributed by atoms with Crippen LogP contribution in [0.5, 0.6) is 0 Å². The van der Waals surface area contributed by atoms with Crippen molar-refractivity contribution >= 4 is 17.9 Å². The van der Waals surface area contributed by atoms with Crippen LogP contribution in [-0.4, -0.2) is 16.8 Å². The Morgan fingerprint density at radius 1 is 1.32 bits per heavy atom. The molecule has 2 amide bonds. The van der Waals surface area contributed by atoms with Gasteiger partial charge in [0.2, 0.25) is 0 Å². The Balaban J connectivity index is 1.49. The summed E-state index contributed by atoms with van der Waals surface area (Å²) in [5, 5.41) is 0. The van der Waals surface area contributed by atoms with Crippen LogP contribution in [0.15, 0.2) is 41.0 Å². The van der Waals surface area contributed by atoms with E-state index in [2.05, 4.69) is 22.8 Å². The van der Waals surface area contributed by atoms with E-state index >= 15 is 0 Å². The number of carbonyl (C=O) groups is 2. The molecule has 0 aliphatic heterocycles. The molecule has 1 saturated carbocycles. The maximum Gasteiger partial charge on any atom is 0.286 e. The van der Waals surface area contributed by atoms with E-state index in [0.717, 1.165) is 12.2 Å². The van der Waals surface area contributed by atoms with Crippen LogP contribution in [0.4, 0.5) is 0 Å². The number of carbonyl (C=O) groups excluding carboxylic acids is 2. The fourth-order valence-electron chi connectivity index (χ4n) is 2.23. The summed E-state index contributed by atoms with van der Waals surface area (Å²) in [6.07, 6.45) is 5.67. The minimum atomic E-state index is -0.433. The average molecular weight is 299 g/mol. The first-order valence-electron chi connectivity index (χ1n) is 7.15. The lowest BCUT2D eigenvalue weighted by Gasteiger charge is -2.02. The SMILES string of the molecule is CC1CC1c1ccc(/C=C/C(=O)NNC(=O)c2ccc[nH]2)o1. The van der Waals surface area contributed by atoms with Gasteiger partial charge >= 0.3 is 0 Å². The van der Waals surface area contributed by atoms with E-state index in [0.29, 0.717) is 23.3 Å². The van der Waals surface area contributed by atoms with Crippen LogP contribution in [0.25, 0.3) is 6.08 Å². The fourth-order valence-corrected chi connectivity index (χ4v) is 2.23. The molecule has 22 heavy (non-hydrogen) atoms. The number of nitrogens with one attached hydrogen (secondary N) is 3. The molecule has 2 aromatic heterocycles. The Kier molecular flexibility index (Phi) is 3.82. The molecule has 2 atom stereocenters. The molecule has 114 valence electrons. The first-order chi connectivity index (χ1) is 10.6. The molecule has 2 heterocycles. The van der Waals surface area contributed by atoms with Crippen molar-refractivity contribution < 1.29 is 14.0 Å². The molecule has 3 N–H and O–H groups in total. The average Bonchev–Trinajstić information content (AvgIpc) is 2.98.